The summed E-state index contributed by atoms with van der Waals surface area (Å²) in [6.07, 6.45) is 8.66. The zero-order chi connectivity index (χ0) is 13.3. The van der Waals surface area contributed by atoms with Gasteiger partial charge in [-0.05, 0) is 29.9 Å². The van der Waals surface area contributed by atoms with Crippen LogP contribution in [0.1, 0.15) is 48.2 Å². The molecule has 2 fully saturated rings. The number of hydrogen-bond donors (Lipinski definition) is 1. The number of carbonyl (C=O) groups is 1. The van der Waals surface area contributed by atoms with Crippen LogP contribution in [0, 0.1) is 5.41 Å². The Morgan fingerprint density at radius 3 is 2.58 bits per heavy atom. The van der Waals surface area contributed by atoms with E-state index in [9.17, 15) is 4.79 Å². The Balaban J connectivity index is 1.54. The molecule has 0 aromatic carbocycles. The van der Waals surface area contributed by atoms with Crippen molar-refractivity contribution in [3.05, 3.63) is 29.6 Å². The van der Waals surface area contributed by atoms with Gasteiger partial charge in [-0.25, -0.2) is 9.78 Å². The molecular weight excluding hydrogens is 240 g/mol. The molecule has 1 N–H and O–H groups in total. The molecule has 2 heterocycles. The van der Waals surface area contributed by atoms with E-state index in [4.69, 9.17) is 5.11 Å². The van der Waals surface area contributed by atoms with Crippen LogP contribution in [0.15, 0.2) is 18.3 Å². The Hall–Kier alpha value is -1.42. The summed E-state index contributed by atoms with van der Waals surface area (Å²) < 4.78 is 0. The summed E-state index contributed by atoms with van der Waals surface area (Å²) in [5, 5.41) is 8.81. The summed E-state index contributed by atoms with van der Waals surface area (Å²) in [6, 6.07) is 3.47. The molecule has 1 aliphatic carbocycles. The van der Waals surface area contributed by atoms with Crippen LogP contribution < -0.4 is 0 Å². The minimum absolute atomic E-state index is 0.121. The maximum absolute atomic E-state index is 10.7. The molecule has 1 aliphatic heterocycles. The molecular formula is C15H20N2O2. The highest BCUT2D eigenvalue weighted by atomic mass is 16.4. The molecule has 102 valence electrons. The first kappa shape index (κ1) is 12.6. The second kappa shape index (κ2) is 4.93. The minimum Gasteiger partial charge on any atom is -0.477 e. The zero-order valence-electron chi connectivity index (χ0n) is 11.1. The topological polar surface area (TPSA) is 53.4 Å². The van der Waals surface area contributed by atoms with Gasteiger partial charge in [0.2, 0.25) is 0 Å². The number of likely N-dealkylation sites (tertiary alicyclic amines) is 1. The molecule has 3 rings (SSSR count). The highest BCUT2D eigenvalue weighted by Gasteiger charge is 2.42. The van der Waals surface area contributed by atoms with E-state index in [0.29, 0.717) is 5.41 Å². The molecule has 1 aromatic rings. The van der Waals surface area contributed by atoms with E-state index in [-0.39, 0.29) is 5.69 Å². The number of nitrogens with zero attached hydrogens (tertiary/aromatic N) is 2. The van der Waals surface area contributed by atoms with E-state index < -0.39 is 5.97 Å². The first-order chi connectivity index (χ1) is 9.17. The average Bonchev–Trinajstić information content (AvgIpc) is 2.39. The van der Waals surface area contributed by atoms with Crippen LogP contribution in [0.3, 0.4) is 0 Å². The van der Waals surface area contributed by atoms with Crippen molar-refractivity contribution in [3.8, 4) is 0 Å². The summed E-state index contributed by atoms with van der Waals surface area (Å²) in [6.45, 7) is 3.30. The molecule has 2 aliphatic rings. The number of carboxylic acid groups (broad SMARTS) is 1. The summed E-state index contributed by atoms with van der Waals surface area (Å²) >= 11 is 0. The largest absolute Gasteiger partial charge is 0.477 e. The quantitative estimate of drug-likeness (QED) is 0.907. The Labute approximate surface area is 113 Å². The van der Waals surface area contributed by atoms with Crippen LogP contribution in [-0.4, -0.2) is 34.0 Å². The van der Waals surface area contributed by atoms with Gasteiger partial charge in [0, 0.05) is 25.8 Å². The number of pyridine rings is 1. The van der Waals surface area contributed by atoms with Crippen LogP contribution in [0.4, 0.5) is 0 Å². The van der Waals surface area contributed by atoms with Crippen molar-refractivity contribution in [2.45, 2.75) is 38.6 Å². The molecule has 1 saturated carbocycles. The summed E-state index contributed by atoms with van der Waals surface area (Å²) in [5.74, 6) is -0.961. The van der Waals surface area contributed by atoms with Gasteiger partial charge >= 0.3 is 5.97 Å². The van der Waals surface area contributed by atoms with Crippen LogP contribution in [0.2, 0.25) is 0 Å². The SMILES string of the molecule is O=C(O)c1ccc(CN2CC3(CCCCC3)C2)cn1. The summed E-state index contributed by atoms with van der Waals surface area (Å²) in [7, 11) is 0. The highest BCUT2D eigenvalue weighted by molar-refractivity contribution is 5.85. The fourth-order valence-electron chi connectivity index (χ4n) is 3.53. The summed E-state index contributed by atoms with van der Waals surface area (Å²) in [4.78, 5) is 17.1. The maximum atomic E-state index is 10.7. The second-order valence-corrected chi connectivity index (χ2v) is 6.06. The minimum atomic E-state index is -0.961. The van der Waals surface area contributed by atoms with Crippen molar-refractivity contribution in [1.82, 2.24) is 9.88 Å². The Morgan fingerprint density at radius 1 is 1.26 bits per heavy atom. The Kier molecular flexibility index (Phi) is 3.27. The van der Waals surface area contributed by atoms with Gasteiger partial charge in [-0.3, -0.25) is 4.90 Å². The maximum Gasteiger partial charge on any atom is 0.354 e. The van der Waals surface area contributed by atoms with E-state index in [1.807, 2.05) is 6.07 Å². The molecule has 0 unspecified atom stereocenters. The van der Waals surface area contributed by atoms with Gasteiger partial charge in [0.25, 0.3) is 0 Å². The standard InChI is InChI=1S/C15H20N2O2/c18-14(19)13-5-4-12(8-16-13)9-17-10-15(11-17)6-2-1-3-7-15/h4-5,8H,1-3,6-7,9-11H2,(H,18,19). The molecule has 0 amide bonds. The third-order valence-corrected chi connectivity index (χ3v) is 4.48. The third-order valence-electron chi connectivity index (χ3n) is 4.48. The van der Waals surface area contributed by atoms with E-state index in [1.165, 1.54) is 45.2 Å². The molecule has 0 radical (unpaired) electrons. The zero-order valence-corrected chi connectivity index (χ0v) is 11.1. The van der Waals surface area contributed by atoms with Crippen molar-refractivity contribution in [2.75, 3.05) is 13.1 Å². The molecule has 1 saturated heterocycles. The molecule has 0 bridgehead atoms. The van der Waals surface area contributed by atoms with Gasteiger partial charge in [0.05, 0.1) is 0 Å². The predicted molar refractivity (Wildman–Crippen MR) is 72.0 cm³/mol. The van der Waals surface area contributed by atoms with Crippen molar-refractivity contribution in [1.29, 1.82) is 0 Å². The number of hydrogen-bond acceptors (Lipinski definition) is 3. The lowest BCUT2D eigenvalue weighted by Crippen LogP contribution is -2.56. The monoisotopic (exact) mass is 260 g/mol. The van der Waals surface area contributed by atoms with Crippen LogP contribution in [-0.2, 0) is 6.54 Å². The van der Waals surface area contributed by atoms with Crippen LogP contribution in [0.5, 0.6) is 0 Å². The van der Waals surface area contributed by atoms with Crippen molar-refractivity contribution in [2.24, 2.45) is 5.41 Å². The third kappa shape index (κ3) is 2.63. The summed E-state index contributed by atoms with van der Waals surface area (Å²) in [5.41, 5.74) is 1.83. The number of rotatable bonds is 3. The van der Waals surface area contributed by atoms with Crippen molar-refractivity contribution < 1.29 is 9.90 Å². The first-order valence-corrected chi connectivity index (χ1v) is 7.08. The number of aromatic carboxylic acids is 1. The van der Waals surface area contributed by atoms with E-state index >= 15 is 0 Å². The molecule has 4 nitrogen and oxygen atoms in total. The molecule has 1 aromatic heterocycles. The van der Waals surface area contributed by atoms with Gasteiger partial charge in [-0.2, -0.15) is 0 Å². The van der Waals surface area contributed by atoms with Gasteiger partial charge < -0.3 is 5.11 Å². The molecule has 19 heavy (non-hydrogen) atoms. The fraction of sp³-hybridized carbons (Fsp3) is 0.600. The Bertz CT molecular complexity index is 456. The first-order valence-electron chi connectivity index (χ1n) is 7.08. The van der Waals surface area contributed by atoms with Gasteiger partial charge in [0.15, 0.2) is 0 Å². The molecule has 0 atom stereocenters. The molecule has 1 spiro atoms. The van der Waals surface area contributed by atoms with Crippen molar-refractivity contribution in [3.63, 3.8) is 0 Å². The van der Waals surface area contributed by atoms with Crippen molar-refractivity contribution >= 4 is 5.97 Å². The van der Waals surface area contributed by atoms with Crippen LogP contribution >= 0.6 is 0 Å². The van der Waals surface area contributed by atoms with E-state index in [1.54, 1.807) is 12.3 Å². The lowest BCUT2D eigenvalue weighted by Gasteiger charge is -2.52. The highest BCUT2D eigenvalue weighted by Crippen LogP contribution is 2.44. The average molecular weight is 260 g/mol. The van der Waals surface area contributed by atoms with E-state index in [2.05, 4.69) is 9.88 Å². The molecule has 4 heteroatoms. The normalized spacial score (nSPS) is 22.1. The van der Waals surface area contributed by atoms with Gasteiger partial charge in [-0.1, -0.05) is 25.3 Å². The number of aromatic nitrogens is 1. The number of carboxylic acids is 1. The second-order valence-electron chi connectivity index (χ2n) is 6.06. The van der Waals surface area contributed by atoms with Crippen LogP contribution in [0.25, 0.3) is 0 Å². The predicted octanol–water partition coefficient (Wildman–Crippen LogP) is 2.55. The Morgan fingerprint density at radius 2 is 2.00 bits per heavy atom. The lowest BCUT2D eigenvalue weighted by molar-refractivity contribution is -0.0333. The van der Waals surface area contributed by atoms with Gasteiger partial charge in [0.1, 0.15) is 5.69 Å². The fourth-order valence-corrected chi connectivity index (χ4v) is 3.53. The smallest absolute Gasteiger partial charge is 0.354 e. The van der Waals surface area contributed by atoms with Gasteiger partial charge in [-0.15, -0.1) is 0 Å². The van der Waals surface area contributed by atoms with E-state index in [0.717, 1.165) is 12.1 Å². The lowest BCUT2D eigenvalue weighted by atomic mass is 9.68.